The van der Waals surface area contributed by atoms with Crippen molar-refractivity contribution in [3.63, 3.8) is 0 Å². The number of aliphatic carboxylic acids is 3. The molecule has 766 valence electrons. The van der Waals surface area contributed by atoms with Gasteiger partial charge in [0.1, 0.15) is 78.8 Å². The summed E-state index contributed by atoms with van der Waals surface area (Å²) in [4.78, 5) is 292. The Morgan fingerprint density at radius 1 is 0.539 bits per heavy atom. The van der Waals surface area contributed by atoms with Crippen LogP contribution in [0.2, 0.25) is 0 Å². The summed E-state index contributed by atoms with van der Waals surface area (Å²) in [5.74, 6) is -21.2. The van der Waals surface area contributed by atoms with Crippen molar-refractivity contribution >= 4 is 146 Å². The molecule has 6 heterocycles. The van der Waals surface area contributed by atoms with Crippen LogP contribution < -0.4 is 64.5 Å². The highest BCUT2D eigenvalue weighted by Crippen LogP contribution is 2.30. The Bertz CT molecular complexity index is 5440. The highest BCUT2D eigenvalue weighted by Gasteiger charge is 2.47. The first-order chi connectivity index (χ1) is 67.3. The maximum absolute atomic E-state index is 16.0. The van der Waals surface area contributed by atoms with Crippen molar-refractivity contribution in [1.29, 1.82) is 0 Å². The molecule has 3 aromatic carbocycles. The lowest BCUT2D eigenvalue weighted by atomic mass is 9.91. The molecule has 0 unspecified atom stereocenters. The number of aromatic nitrogens is 4. The molecule has 0 spiro atoms. The largest absolute Gasteiger partial charge is 0.497 e. The number of nitrogens with two attached hydrogens (primary N) is 3. The summed E-state index contributed by atoms with van der Waals surface area (Å²) >= 11 is 0.747. The molecule has 45 heteroatoms. The van der Waals surface area contributed by atoms with E-state index < -0.39 is 272 Å². The van der Waals surface area contributed by atoms with Gasteiger partial charge >= 0.3 is 17.9 Å². The number of aliphatic hydroxyl groups excluding tert-OH is 1. The molecule has 3 aliphatic rings. The van der Waals surface area contributed by atoms with Crippen molar-refractivity contribution in [2.75, 3.05) is 65.9 Å². The fourth-order valence-electron chi connectivity index (χ4n) is 17.8. The van der Waals surface area contributed by atoms with E-state index in [1.807, 2.05) is 6.92 Å². The predicted octanol–water partition coefficient (Wildman–Crippen LogP) is -0.104. The number of carbonyl (C=O) groups excluding carboxylic acids is 16. The molecular formula is C96H132N20O24S. The second-order valence-electron chi connectivity index (χ2n) is 36.0. The Labute approximate surface area is 819 Å². The van der Waals surface area contributed by atoms with Crippen LogP contribution in [0.5, 0.6) is 5.75 Å². The Morgan fingerprint density at radius 3 is 1.82 bits per heavy atom. The van der Waals surface area contributed by atoms with Crippen molar-refractivity contribution in [2.24, 2.45) is 23.1 Å². The summed E-state index contributed by atoms with van der Waals surface area (Å²) in [5, 5.41) is 64.6. The number of carboxylic acid groups (broad SMARTS) is 3. The number of imidazole rings is 1. The molecule has 3 saturated heterocycles. The van der Waals surface area contributed by atoms with E-state index in [2.05, 4.69) is 57.5 Å². The normalized spacial score (nSPS) is 24.2. The van der Waals surface area contributed by atoms with Crippen LogP contribution >= 0.6 is 11.8 Å². The molecule has 15 atom stereocenters. The summed E-state index contributed by atoms with van der Waals surface area (Å²) in [6.45, 7) is 3.55. The Morgan fingerprint density at radius 2 is 1.16 bits per heavy atom. The average molecular weight is 1980 g/mol. The van der Waals surface area contributed by atoms with Crippen LogP contribution in [-0.4, -0.2) is 327 Å². The van der Waals surface area contributed by atoms with Gasteiger partial charge in [0, 0.05) is 144 Å². The van der Waals surface area contributed by atoms with Crippen LogP contribution in [0.1, 0.15) is 165 Å². The number of carbonyl (C=O) groups is 19. The van der Waals surface area contributed by atoms with E-state index in [4.69, 9.17) is 21.9 Å². The second-order valence-corrected chi connectivity index (χ2v) is 37.0. The van der Waals surface area contributed by atoms with Crippen molar-refractivity contribution in [3.8, 4) is 5.75 Å². The molecule has 0 bridgehead atoms. The molecule has 0 saturated carbocycles. The molecule has 20 N–H and O–H groups in total. The molecule has 14 amide bonds. The number of nitrogens with zero attached hydrogens (tertiary/aromatic N) is 7. The number of H-pyrrole nitrogens is 2. The fourth-order valence-corrected chi connectivity index (χ4v) is 18.7. The zero-order chi connectivity index (χ0) is 103. The van der Waals surface area contributed by atoms with E-state index in [-0.39, 0.29) is 109 Å². The zero-order valence-electron chi connectivity index (χ0n) is 80.3. The number of Topliss-reactive ketones (excluding diaryl/α,β-unsaturated/α-hetero) is 2. The van der Waals surface area contributed by atoms with Gasteiger partial charge < -0.3 is 124 Å². The van der Waals surface area contributed by atoms with Gasteiger partial charge in [-0.15, -0.1) is 11.8 Å². The van der Waals surface area contributed by atoms with E-state index in [9.17, 15) is 73.2 Å². The van der Waals surface area contributed by atoms with Crippen molar-refractivity contribution in [1.82, 2.24) is 86.6 Å². The van der Waals surface area contributed by atoms with Gasteiger partial charge in [-0.25, -0.2) is 4.98 Å². The lowest BCUT2D eigenvalue weighted by Gasteiger charge is -2.36. The van der Waals surface area contributed by atoms with Crippen molar-refractivity contribution in [3.05, 3.63) is 120 Å². The number of hydrogen-bond acceptors (Lipinski definition) is 25. The third kappa shape index (κ3) is 31.2. The number of ketones is 2. The third-order valence-electron chi connectivity index (χ3n) is 25.8. The monoisotopic (exact) mass is 1980 g/mol. The minimum Gasteiger partial charge on any atom is -0.497 e. The number of methoxy groups -OCH3 is 1. The minimum absolute atomic E-state index is 0.0606. The van der Waals surface area contributed by atoms with Crippen LogP contribution in [0.4, 0.5) is 0 Å². The van der Waals surface area contributed by atoms with E-state index in [0.717, 1.165) is 36.3 Å². The van der Waals surface area contributed by atoms with Gasteiger partial charge in [-0.3, -0.25) is 91.1 Å². The number of rotatable bonds is 32. The van der Waals surface area contributed by atoms with Gasteiger partial charge in [0.15, 0.2) is 11.6 Å². The average Bonchev–Trinajstić information content (AvgIpc) is 1.66. The molecule has 44 nitrogen and oxygen atoms in total. The minimum atomic E-state index is -1.92. The number of unbranched alkanes of at least 4 members (excludes halogenated alkanes) is 3. The summed E-state index contributed by atoms with van der Waals surface area (Å²) in [7, 11) is 5.21. The smallest absolute Gasteiger partial charge is 0.323 e. The standard InChI is InChI=1S/C96H132N20O24S/c1-8-10-23-74-89(132)104-65(31-34-82(122)123)87(130)110-72(78(118)32-33-80(99)120)51-141-52-81(121)103-69(39-55-27-29-61(140-7)30-28-55)92(135)111(4)54(3)85(128)108-71(45-83(124)125)95(138)115-38-18-26-75(115)90(133)107-68(43-59-47-100-53-102-59)88(131)105-66(22-16-17-36-97)94(137)116-49-60(117)44-77(116)91(134)106-67(40-57-46-101-64-21-14-12-19-62(57)64)79(119)42-56(35-37-98)86(129)109-70(93(136)113(6)76(24-11-9-2)96(139)112(74)5)41-58-48-114(50-84(126)127)73-25-15-13-20-63(58)73/h12-15,19-21,25,27-30,46-48,53-54,56,60,65-72,74-77,101,117H,8-11,16-18,22-24,26,31-45,49-52,97-98H2,1-7H3,(H2,99,120)(H,100,102)(H,103,121)(H,104,132)(H,105,131)(H,106,134)(H,107,133)(H,108,128)(H,109,129)(H,110,130)(H,122,123)(H,124,125)(H,126,127)/t54-,56+,60+,65-,66-,67-,68-,69-,70-,71-,72-,74-,75-,76-,77-/m0/s1. The van der Waals surface area contributed by atoms with Crippen molar-refractivity contribution < 1.29 is 116 Å². The van der Waals surface area contributed by atoms with E-state index in [1.54, 1.807) is 85.9 Å². The van der Waals surface area contributed by atoms with Gasteiger partial charge in [0.2, 0.25) is 82.7 Å². The third-order valence-corrected chi connectivity index (χ3v) is 26.8. The first kappa shape index (κ1) is 111. The number of nitrogens with one attached hydrogen (secondary N) is 10. The van der Waals surface area contributed by atoms with Crippen LogP contribution in [0, 0.1) is 5.92 Å². The zero-order valence-corrected chi connectivity index (χ0v) is 81.2. The number of aromatic amines is 2. The lowest BCUT2D eigenvalue weighted by Crippen LogP contribution is -2.60. The number of fused-ring (bicyclic) bond motifs is 4. The maximum Gasteiger partial charge on any atom is 0.323 e. The van der Waals surface area contributed by atoms with Gasteiger partial charge in [0.05, 0.1) is 49.5 Å². The number of carboxylic acids is 3. The van der Waals surface area contributed by atoms with Gasteiger partial charge in [-0.1, -0.05) is 88.1 Å². The molecule has 141 heavy (non-hydrogen) atoms. The van der Waals surface area contributed by atoms with E-state index >= 15 is 38.4 Å². The van der Waals surface area contributed by atoms with E-state index in [1.165, 1.54) is 58.5 Å². The number of para-hydroxylation sites is 2. The number of hydrogen-bond donors (Lipinski definition) is 17. The molecular weight excluding hydrogens is 1850 g/mol. The molecule has 0 radical (unpaired) electrons. The Kier molecular flexibility index (Phi) is 42.2. The summed E-state index contributed by atoms with van der Waals surface area (Å²) in [5.41, 5.74) is 20.4. The van der Waals surface area contributed by atoms with Crippen molar-refractivity contribution in [2.45, 2.75) is 260 Å². The fraction of sp³-hybridized carbons (Fsp3) is 0.542. The number of aliphatic hydroxyl groups is 1. The van der Waals surface area contributed by atoms with Gasteiger partial charge in [0.25, 0.3) is 0 Å². The van der Waals surface area contributed by atoms with Gasteiger partial charge in [-0.2, -0.15) is 0 Å². The SMILES string of the molecule is CCCC[C@H]1C(=O)N(C)[C@@H](CCCC)C(=O)N[C@@H](CCC(=O)O)C(=O)N[C@H](C(=O)CCC(N)=O)CSCC(=O)N[C@@H](Cc2ccc(OC)cc2)C(=O)N(C)[C@@H](C)C(=O)N[C@@H](CC(=O)O)C(=O)N2CCC[C@H]2C(=O)N[C@@H](Cc2c[nH]cn2)C(=O)N[C@@H](CCCCN)C(=O)N2C[C@H](O)C[C@H]2C(=O)N[C@@H](Cc2c[nH]c3ccccc23)C(=O)C[C@@H](CCN)C(=O)N[C@@H](Cc2cn(CC(=O)O)c3ccccc23)C(=O)N1C. The number of thioether (sulfide) groups is 1. The van der Waals surface area contributed by atoms with Crippen LogP contribution in [0.25, 0.3) is 21.8 Å². The molecule has 3 aromatic heterocycles. The maximum atomic E-state index is 16.0. The highest BCUT2D eigenvalue weighted by atomic mass is 32.2. The number of benzene rings is 3. The van der Waals surface area contributed by atoms with Crippen LogP contribution in [-0.2, 0) is 123 Å². The number of primary amides is 1. The first-order valence-electron chi connectivity index (χ1n) is 47.5. The predicted molar refractivity (Wildman–Crippen MR) is 515 cm³/mol. The number of ether oxygens (including phenoxy) is 1. The molecule has 9 rings (SSSR count). The quantitative estimate of drug-likeness (QED) is 0.0245. The summed E-state index contributed by atoms with van der Waals surface area (Å²) in [6, 6.07) is -0.668. The Hall–Kier alpha value is -13.7. The van der Waals surface area contributed by atoms with Gasteiger partial charge in [-0.05, 0) is 119 Å². The summed E-state index contributed by atoms with van der Waals surface area (Å²) < 4.78 is 6.77. The Balaban J connectivity index is 1.13. The highest BCUT2D eigenvalue weighted by molar-refractivity contribution is 8.00. The topological polar surface area (TPSA) is 654 Å². The molecule has 3 fully saturated rings. The second kappa shape index (κ2) is 53.6. The summed E-state index contributed by atoms with van der Waals surface area (Å²) in [6.07, 6.45) is 0.0730. The first-order valence-corrected chi connectivity index (χ1v) is 48.6. The van der Waals surface area contributed by atoms with E-state index in [0.29, 0.717) is 63.5 Å². The molecule has 3 aliphatic heterocycles. The lowest BCUT2D eigenvalue weighted by molar-refractivity contribution is -0.149. The molecule has 0 aliphatic carbocycles. The number of likely N-dealkylation sites (N-methyl/N-ethyl adjacent to an activating group) is 3. The van der Waals surface area contributed by atoms with Crippen LogP contribution in [0.15, 0.2) is 97.7 Å². The van der Waals surface area contributed by atoms with Crippen LogP contribution in [0.3, 0.4) is 0 Å². The molecule has 6 aromatic rings. The number of amides is 14.